The van der Waals surface area contributed by atoms with E-state index < -0.39 is 0 Å². The van der Waals surface area contributed by atoms with Gasteiger partial charge < -0.3 is 15.6 Å². The Morgan fingerprint density at radius 1 is 1.29 bits per heavy atom. The molecule has 6 nitrogen and oxygen atoms in total. The van der Waals surface area contributed by atoms with Crippen molar-refractivity contribution in [2.45, 2.75) is 26.8 Å². The van der Waals surface area contributed by atoms with Crippen LogP contribution in [-0.4, -0.2) is 34.0 Å². The van der Waals surface area contributed by atoms with E-state index in [0.29, 0.717) is 31.9 Å². The summed E-state index contributed by atoms with van der Waals surface area (Å²) in [4.78, 5) is 12.0. The normalized spacial score (nSPS) is 10.3. The van der Waals surface area contributed by atoms with Crippen molar-refractivity contribution in [3.05, 3.63) is 28.7 Å². The number of nitrogens with zero attached hydrogens (tertiary/aromatic N) is 2. The molecule has 0 fully saturated rings. The fraction of sp³-hybridized carbons (Fsp3) is 0.533. The molecule has 6 heteroatoms. The summed E-state index contributed by atoms with van der Waals surface area (Å²) in [5.41, 5.74) is 7.14. The van der Waals surface area contributed by atoms with Gasteiger partial charge in [0.1, 0.15) is 5.75 Å². The third-order valence-electron chi connectivity index (χ3n) is 3.04. The fourth-order valence-corrected chi connectivity index (χ4v) is 2.08. The first-order chi connectivity index (χ1) is 10.2. The largest absolute Gasteiger partial charge is 0.493 e. The van der Waals surface area contributed by atoms with E-state index in [1.165, 1.54) is 0 Å². The Labute approximate surface area is 124 Å². The molecule has 0 atom stereocenters. The van der Waals surface area contributed by atoms with Gasteiger partial charge in [-0.1, -0.05) is 13.8 Å². The lowest BCUT2D eigenvalue weighted by molar-refractivity contribution is 0.233. The number of hydrogen-bond acceptors (Lipinski definition) is 4. The highest BCUT2D eigenvalue weighted by Crippen LogP contribution is 2.20. The lowest BCUT2D eigenvalue weighted by atomic mass is 10.3. The lowest BCUT2D eigenvalue weighted by Gasteiger charge is -2.06. The number of aryl methyl sites for hydroxylation is 1. The maximum Gasteiger partial charge on any atom is 0.328 e. The van der Waals surface area contributed by atoms with E-state index in [1.54, 1.807) is 16.2 Å². The summed E-state index contributed by atoms with van der Waals surface area (Å²) < 4.78 is 8.77. The van der Waals surface area contributed by atoms with Gasteiger partial charge in [-0.15, -0.1) is 0 Å². The molecule has 0 unspecified atom stereocenters. The number of fused-ring (bicyclic) bond motifs is 1. The highest BCUT2D eigenvalue weighted by Gasteiger charge is 2.10. The lowest BCUT2D eigenvalue weighted by Crippen LogP contribution is -2.25. The molecule has 0 bridgehead atoms. The molecule has 0 amide bonds. The zero-order chi connectivity index (χ0) is 15.8. The molecule has 118 valence electrons. The summed E-state index contributed by atoms with van der Waals surface area (Å²) in [6, 6.07) is 5.52. The molecule has 1 aromatic carbocycles. The van der Waals surface area contributed by atoms with Gasteiger partial charge in [-0.25, -0.2) is 4.79 Å². The number of hydrogen-bond donors (Lipinski definition) is 2. The zero-order valence-corrected chi connectivity index (χ0v) is 13.0. The van der Waals surface area contributed by atoms with Crippen LogP contribution in [0.3, 0.4) is 0 Å². The Kier molecular flexibility index (Phi) is 6.98. The van der Waals surface area contributed by atoms with Crippen molar-refractivity contribution in [3.63, 3.8) is 0 Å². The smallest absolute Gasteiger partial charge is 0.328 e. The minimum Gasteiger partial charge on any atom is -0.493 e. The first kappa shape index (κ1) is 17.3. The molecule has 1 aromatic heterocycles. The van der Waals surface area contributed by atoms with E-state index in [2.05, 4.69) is 0 Å². The summed E-state index contributed by atoms with van der Waals surface area (Å²) in [5.74, 6) is 0.692. The van der Waals surface area contributed by atoms with Gasteiger partial charge in [-0.2, -0.15) is 0 Å². The second-order valence-corrected chi connectivity index (χ2v) is 4.36. The monoisotopic (exact) mass is 295 g/mol. The molecule has 0 aliphatic rings. The molecule has 0 saturated heterocycles. The molecule has 0 saturated carbocycles. The Morgan fingerprint density at radius 2 is 2.00 bits per heavy atom. The van der Waals surface area contributed by atoms with E-state index >= 15 is 0 Å². The summed E-state index contributed by atoms with van der Waals surface area (Å²) >= 11 is 0. The van der Waals surface area contributed by atoms with Crippen LogP contribution in [0.5, 0.6) is 5.75 Å². The first-order valence-electron chi connectivity index (χ1n) is 7.32. The molecule has 0 spiro atoms. The molecule has 0 aliphatic heterocycles. The highest BCUT2D eigenvalue weighted by atomic mass is 16.5. The van der Waals surface area contributed by atoms with Crippen molar-refractivity contribution in [2.75, 3.05) is 19.8 Å². The first-order valence-corrected chi connectivity index (χ1v) is 7.32. The van der Waals surface area contributed by atoms with Gasteiger partial charge in [-0.3, -0.25) is 9.13 Å². The summed E-state index contributed by atoms with van der Waals surface area (Å²) in [6.07, 6.45) is 0.586. The van der Waals surface area contributed by atoms with Gasteiger partial charge in [-0.05, 0) is 12.1 Å². The highest BCUT2D eigenvalue weighted by molar-refractivity contribution is 5.77. The van der Waals surface area contributed by atoms with Crippen LogP contribution in [0.15, 0.2) is 23.0 Å². The SMILES string of the molecule is CC.Cn1c(=O)n(CCN)c2cc(OCCCO)ccc21. The topological polar surface area (TPSA) is 82.4 Å². The summed E-state index contributed by atoms with van der Waals surface area (Å²) in [5, 5.41) is 8.73. The van der Waals surface area contributed by atoms with Crippen molar-refractivity contribution >= 4 is 11.0 Å². The summed E-state index contributed by atoms with van der Waals surface area (Å²) in [6.45, 7) is 5.45. The molecule has 2 aromatic rings. The Hall–Kier alpha value is -1.79. The van der Waals surface area contributed by atoms with Gasteiger partial charge >= 0.3 is 5.69 Å². The van der Waals surface area contributed by atoms with E-state index in [0.717, 1.165) is 11.0 Å². The van der Waals surface area contributed by atoms with Crippen LogP contribution in [0.2, 0.25) is 0 Å². The molecule has 1 heterocycles. The fourth-order valence-electron chi connectivity index (χ4n) is 2.08. The molecule has 2 rings (SSSR count). The summed E-state index contributed by atoms with van der Waals surface area (Å²) in [7, 11) is 1.74. The number of aliphatic hydroxyl groups excluding tert-OH is 1. The third-order valence-corrected chi connectivity index (χ3v) is 3.04. The zero-order valence-electron chi connectivity index (χ0n) is 13.0. The van der Waals surface area contributed by atoms with Gasteiger partial charge in [0.05, 0.1) is 17.6 Å². The molecule has 3 N–H and O–H groups in total. The van der Waals surface area contributed by atoms with Gasteiger partial charge in [0.2, 0.25) is 0 Å². The minimum absolute atomic E-state index is 0.0760. The van der Waals surface area contributed by atoms with E-state index in [1.807, 2.05) is 32.0 Å². The second-order valence-electron chi connectivity index (χ2n) is 4.36. The van der Waals surface area contributed by atoms with Crippen molar-refractivity contribution < 1.29 is 9.84 Å². The molecule has 0 aliphatic carbocycles. The maximum atomic E-state index is 12.0. The maximum absolute atomic E-state index is 12.0. The second kappa shape index (κ2) is 8.49. The van der Waals surface area contributed by atoms with E-state index in [-0.39, 0.29) is 12.3 Å². The quantitative estimate of drug-likeness (QED) is 0.781. The van der Waals surface area contributed by atoms with Crippen LogP contribution in [-0.2, 0) is 13.6 Å². The number of benzene rings is 1. The van der Waals surface area contributed by atoms with E-state index in [9.17, 15) is 4.79 Å². The third kappa shape index (κ3) is 3.86. The predicted octanol–water partition coefficient (Wildman–Crippen LogP) is 1.09. The molecular weight excluding hydrogens is 270 g/mol. The predicted molar refractivity (Wildman–Crippen MR) is 84.8 cm³/mol. The number of rotatable bonds is 6. The minimum atomic E-state index is -0.0760. The number of nitrogens with two attached hydrogens (primary N) is 1. The average molecular weight is 295 g/mol. The Balaban J connectivity index is 0.00000106. The van der Waals surface area contributed by atoms with Crippen LogP contribution in [0.4, 0.5) is 0 Å². The number of ether oxygens (including phenoxy) is 1. The van der Waals surface area contributed by atoms with Crippen LogP contribution < -0.4 is 16.2 Å². The molecule has 0 radical (unpaired) electrons. The van der Waals surface area contributed by atoms with Crippen LogP contribution in [0, 0.1) is 0 Å². The van der Waals surface area contributed by atoms with Crippen molar-refractivity contribution in [1.82, 2.24) is 9.13 Å². The van der Waals surface area contributed by atoms with Crippen LogP contribution >= 0.6 is 0 Å². The van der Waals surface area contributed by atoms with Crippen molar-refractivity contribution in [1.29, 1.82) is 0 Å². The van der Waals surface area contributed by atoms with Crippen LogP contribution in [0.1, 0.15) is 20.3 Å². The Morgan fingerprint density at radius 3 is 2.62 bits per heavy atom. The Bertz CT molecular complexity index is 616. The average Bonchev–Trinajstić information content (AvgIpc) is 2.75. The number of aromatic nitrogens is 2. The van der Waals surface area contributed by atoms with Crippen molar-refractivity contribution in [3.8, 4) is 5.75 Å². The van der Waals surface area contributed by atoms with Gasteiger partial charge in [0.25, 0.3) is 0 Å². The number of aliphatic hydroxyl groups is 1. The number of imidazole rings is 1. The van der Waals surface area contributed by atoms with Gasteiger partial charge in [0, 0.05) is 39.2 Å². The van der Waals surface area contributed by atoms with E-state index in [4.69, 9.17) is 15.6 Å². The van der Waals surface area contributed by atoms with Crippen LogP contribution in [0.25, 0.3) is 11.0 Å². The van der Waals surface area contributed by atoms with Gasteiger partial charge in [0.15, 0.2) is 0 Å². The molecule has 21 heavy (non-hydrogen) atoms. The molecular formula is C15H25N3O3. The standard InChI is InChI=1S/C13H19N3O3.C2H6/c1-15-11-4-3-10(19-8-2-7-17)9-12(11)16(6-5-14)13(15)18;1-2/h3-4,9,17H,2,5-8,14H2,1H3;1-2H3. The van der Waals surface area contributed by atoms with Crippen molar-refractivity contribution in [2.24, 2.45) is 12.8 Å².